The molecular formula is C14H28. The van der Waals surface area contributed by atoms with Crippen LogP contribution in [-0.4, -0.2) is 0 Å². The largest absolute Gasteiger partial charge is 0.0991 e. The molecule has 0 bridgehead atoms. The van der Waals surface area contributed by atoms with Crippen molar-refractivity contribution in [2.75, 3.05) is 0 Å². The van der Waals surface area contributed by atoms with E-state index in [4.69, 9.17) is 0 Å². The zero-order chi connectivity index (χ0) is 12.0. The van der Waals surface area contributed by atoms with Gasteiger partial charge in [-0.05, 0) is 12.3 Å². The molecule has 0 aliphatic carbocycles. The van der Waals surface area contributed by atoms with E-state index in [1.165, 1.54) is 5.57 Å². The Morgan fingerprint density at radius 2 is 1.57 bits per heavy atom. The van der Waals surface area contributed by atoms with Gasteiger partial charge in [0.15, 0.2) is 0 Å². The molecular weight excluding hydrogens is 168 g/mol. The van der Waals surface area contributed by atoms with Crippen LogP contribution in [0.15, 0.2) is 37.0 Å². The SMILES string of the molecule is C=C/C=C\C(=C)CC(C)C.CC.CC. The second kappa shape index (κ2) is 18.1. The Hall–Kier alpha value is -0.780. The van der Waals surface area contributed by atoms with E-state index in [1.807, 2.05) is 39.8 Å². The highest BCUT2D eigenvalue weighted by atomic mass is 14.0. The van der Waals surface area contributed by atoms with E-state index in [1.54, 1.807) is 6.08 Å². The number of hydrogen-bond donors (Lipinski definition) is 0. The zero-order valence-corrected chi connectivity index (χ0v) is 10.9. The monoisotopic (exact) mass is 196 g/mol. The fraction of sp³-hybridized carbons (Fsp3) is 0.571. The van der Waals surface area contributed by atoms with Gasteiger partial charge in [0.2, 0.25) is 0 Å². The summed E-state index contributed by atoms with van der Waals surface area (Å²) in [6, 6.07) is 0. The van der Waals surface area contributed by atoms with Gasteiger partial charge in [0, 0.05) is 0 Å². The molecule has 0 saturated heterocycles. The average Bonchev–Trinajstić information content (AvgIpc) is 2.20. The summed E-state index contributed by atoms with van der Waals surface area (Å²) in [5.41, 5.74) is 1.18. The van der Waals surface area contributed by atoms with Crippen molar-refractivity contribution in [3.05, 3.63) is 37.0 Å². The van der Waals surface area contributed by atoms with E-state index in [2.05, 4.69) is 27.0 Å². The summed E-state index contributed by atoms with van der Waals surface area (Å²) in [4.78, 5) is 0. The van der Waals surface area contributed by atoms with Crippen molar-refractivity contribution in [1.82, 2.24) is 0 Å². The molecule has 0 amide bonds. The van der Waals surface area contributed by atoms with Gasteiger partial charge < -0.3 is 0 Å². The van der Waals surface area contributed by atoms with Gasteiger partial charge in [-0.25, -0.2) is 0 Å². The summed E-state index contributed by atoms with van der Waals surface area (Å²) in [6.07, 6.45) is 6.77. The third-order valence-electron chi connectivity index (χ3n) is 1.14. The summed E-state index contributed by atoms with van der Waals surface area (Å²) in [5, 5.41) is 0. The maximum absolute atomic E-state index is 3.90. The average molecular weight is 196 g/mol. The first kappa shape index (κ1) is 18.9. The van der Waals surface area contributed by atoms with Crippen molar-refractivity contribution in [3.8, 4) is 0 Å². The molecule has 0 radical (unpaired) electrons. The van der Waals surface area contributed by atoms with Gasteiger partial charge in [0.1, 0.15) is 0 Å². The second-order valence-corrected chi connectivity index (χ2v) is 2.85. The zero-order valence-electron chi connectivity index (χ0n) is 10.9. The normalized spacial score (nSPS) is 8.50. The van der Waals surface area contributed by atoms with Crippen molar-refractivity contribution >= 4 is 0 Å². The first-order valence-electron chi connectivity index (χ1n) is 5.63. The Morgan fingerprint density at radius 1 is 1.14 bits per heavy atom. The minimum absolute atomic E-state index is 0.696. The first-order valence-corrected chi connectivity index (χ1v) is 5.63. The van der Waals surface area contributed by atoms with E-state index in [-0.39, 0.29) is 0 Å². The maximum Gasteiger partial charge on any atom is -0.0262 e. The van der Waals surface area contributed by atoms with Crippen LogP contribution in [0, 0.1) is 5.92 Å². The van der Waals surface area contributed by atoms with Crippen LogP contribution in [0.2, 0.25) is 0 Å². The van der Waals surface area contributed by atoms with Crippen LogP contribution >= 0.6 is 0 Å². The quantitative estimate of drug-likeness (QED) is 0.529. The van der Waals surface area contributed by atoms with E-state index >= 15 is 0 Å². The van der Waals surface area contributed by atoms with Gasteiger partial charge >= 0.3 is 0 Å². The van der Waals surface area contributed by atoms with E-state index in [0.717, 1.165) is 6.42 Å². The molecule has 0 aromatic heterocycles. The molecule has 0 nitrogen and oxygen atoms in total. The predicted molar refractivity (Wildman–Crippen MR) is 70.6 cm³/mol. The molecule has 0 spiro atoms. The highest BCUT2D eigenvalue weighted by Gasteiger charge is 1.92. The van der Waals surface area contributed by atoms with E-state index in [0.29, 0.717) is 5.92 Å². The summed E-state index contributed by atoms with van der Waals surface area (Å²) in [5.74, 6) is 0.696. The van der Waals surface area contributed by atoms with E-state index in [9.17, 15) is 0 Å². The van der Waals surface area contributed by atoms with Crippen LogP contribution in [-0.2, 0) is 0 Å². The van der Waals surface area contributed by atoms with Gasteiger partial charge in [-0.3, -0.25) is 0 Å². The Kier molecular flexibility index (Phi) is 24.4. The molecule has 14 heavy (non-hydrogen) atoms. The van der Waals surface area contributed by atoms with E-state index < -0.39 is 0 Å². The lowest BCUT2D eigenvalue weighted by atomic mass is 10.0. The fourth-order valence-corrected chi connectivity index (χ4v) is 0.797. The smallest absolute Gasteiger partial charge is 0.0262 e. The number of allylic oxidation sites excluding steroid dienone is 4. The second-order valence-electron chi connectivity index (χ2n) is 2.85. The molecule has 0 fully saturated rings. The third-order valence-corrected chi connectivity index (χ3v) is 1.14. The van der Waals surface area contributed by atoms with Crippen molar-refractivity contribution in [2.45, 2.75) is 48.0 Å². The molecule has 0 aromatic rings. The topological polar surface area (TPSA) is 0 Å². The molecule has 0 N–H and O–H groups in total. The highest BCUT2D eigenvalue weighted by Crippen LogP contribution is 2.08. The Morgan fingerprint density at radius 3 is 1.86 bits per heavy atom. The summed E-state index contributed by atoms with van der Waals surface area (Å²) < 4.78 is 0. The highest BCUT2D eigenvalue weighted by molar-refractivity contribution is 5.18. The van der Waals surface area contributed by atoms with Gasteiger partial charge in [0.25, 0.3) is 0 Å². The van der Waals surface area contributed by atoms with Gasteiger partial charge in [-0.2, -0.15) is 0 Å². The lowest BCUT2D eigenvalue weighted by molar-refractivity contribution is 0.651. The molecule has 0 saturated carbocycles. The van der Waals surface area contributed by atoms with Crippen LogP contribution in [0.3, 0.4) is 0 Å². The van der Waals surface area contributed by atoms with Crippen LogP contribution in [0.25, 0.3) is 0 Å². The van der Waals surface area contributed by atoms with Crippen molar-refractivity contribution in [2.24, 2.45) is 5.92 Å². The third kappa shape index (κ3) is 22.5. The Bertz CT molecular complexity index is 138. The van der Waals surface area contributed by atoms with Crippen molar-refractivity contribution < 1.29 is 0 Å². The van der Waals surface area contributed by atoms with Crippen molar-refractivity contribution in [1.29, 1.82) is 0 Å². The number of rotatable bonds is 4. The minimum atomic E-state index is 0.696. The van der Waals surface area contributed by atoms with Crippen LogP contribution in [0.5, 0.6) is 0 Å². The van der Waals surface area contributed by atoms with Crippen LogP contribution in [0.1, 0.15) is 48.0 Å². The summed E-state index contributed by atoms with van der Waals surface area (Å²) in [6.45, 7) is 19.9. The first-order chi connectivity index (χ1) is 6.66. The van der Waals surface area contributed by atoms with Crippen LogP contribution < -0.4 is 0 Å². The molecule has 0 rings (SSSR count). The van der Waals surface area contributed by atoms with Crippen molar-refractivity contribution in [3.63, 3.8) is 0 Å². The Labute approximate surface area is 91.4 Å². The molecule has 0 heterocycles. The summed E-state index contributed by atoms with van der Waals surface area (Å²) in [7, 11) is 0. The lowest BCUT2D eigenvalue weighted by Gasteiger charge is -2.01. The summed E-state index contributed by atoms with van der Waals surface area (Å²) >= 11 is 0. The Balaban J connectivity index is -0.000000266. The molecule has 84 valence electrons. The molecule has 0 aromatic carbocycles. The maximum atomic E-state index is 3.90. The predicted octanol–water partition coefficient (Wildman–Crippen LogP) is 5.38. The van der Waals surface area contributed by atoms with Gasteiger partial charge in [-0.1, -0.05) is 78.5 Å². The molecule has 0 atom stereocenters. The minimum Gasteiger partial charge on any atom is -0.0991 e. The lowest BCUT2D eigenvalue weighted by Crippen LogP contribution is -1.86. The standard InChI is InChI=1S/C10H16.2C2H6/c1-5-6-7-10(4)8-9(2)3;2*1-2/h5-7,9H,1,4,8H2,2-3H3;2*1-2H3/b7-6-;;. The molecule has 0 aliphatic heterocycles. The molecule has 0 unspecified atom stereocenters. The van der Waals surface area contributed by atoms with Gasteiger partial charge in [0.05, 0.1) is 0 Å². The molecule has 0 aliphatic rings. The molecule has 0 heteroatoms. The van der Waals surface area contributed by atoms with Crippen LogP contribution in [0.4, 0.5) is 0 Å². The number of hydrogen-bond acceptors (Lipinski definition) is 0. The van der Waals surface area contributed by atoms with Gasteiger partial charge in [-0.15, -0.1) is 0 Å². The fourth-order valence-electron chi connectivity index (χ4n) is 0.797.